The van der Waals surface area contributed by atoms with Crippen LogP contribution in [0.25, 0.3) is 11.3 Å². The van der Waals surface area contributed by atoms with E-state index in [2.05, 4.69) is 10.2 Å². The molecule has 0 saturated heterocycles. The van der Waals surface area contributed by atoms with Gasteiger partial charge in [-0.15, -0.1) is 0 Å². The molecule has 0 aliphatic carbocycles. The quantitative estimate of drug-likeness (QED) is 0.276. The number of nitrogens with zero attached hydrogens (tertiary/aromatic N) is 3. The van der Waals surface area contributed by atoms with Crippen molar-refractivity contribution in [3.8, 4) is 11.3 Å². The zero-order valence-electron chi connectivity index (χ0n) is 17.0. The van der Waals surface area contributed by atoms with Gasteiger partial charge in [-0.25, -0.2) is 4.39 Å². The number of nitro groups is 1. The molecule has 1 heterocycles. The number of nitro benzene ring substituents is 1. The second-order valence-corrected chi connectivity index (χ2v) is 7.68. The fraction of sp³-hybridized carbons (Fsp3) is 0.273. The first-order chi connectivity index (χ1) is 14.8. The van der Waals surface area contributed by atoms with E-state index in [4.69, 9.17) is 11.6 Å². The number of amides is 1. The highest BCUT2D eigenvalue weighted by Crippen LogP contribution is 2.24. The maximum atomic E-state index is 13.4. The molecule has 2 aromatic carbocycles. The van der Waals surface area contributed by atoms with E-state index in [0.29, 0.717) is 12.2 Å². The average Bonchev–Trinajstić information content (AvgIpc) is 3.21. The number of unbranched alkanes of at least 4 members (excludes halogenated alkanes) is 2. The van der Waals surface area contributed by atoms with Crippen molar-refractivity contribution in [3.05, 3.63) is 80.7 Å². The van der Waals surface area contributed by atoms with Gasteiger partial charge < -0.3 is 4.90 Å². The van der Waals surface area contributed by atoms with Gasteiger partial charge >= 0.3 is 0 Å². The molecule has 31 heavy (non-hydrogen) atoms. The van der Waals surface area contributed by atoms with Crippen molar-refractivity contribution >= 4 is 23.2 Å². The average molecular weight is 445 g/mol. The molecular weight excluding hydrogens is 423 g/mol. The first kappa shape index (κ1) is 22.4. The Labute approximate surface area is 184 Å². The minimum absolute atomic E-state index is 0.0271. The van der Waals surface area contributed by atoms with Crippen LogP contribution in [0.1, 0.15) is 35.3 Å². The van der Waals surface area contributed by atoms with Gasteiger partial charge in [0.15, 0.2) is 0 Å². The molecule has 0 unspecified atom stereocenters. The van der Waals surface area contributed by atoms with Crippen LogP contribution in [0.15, 0.2) is 48.5 Å². The SMILES string of the molecule is CN(CCCCCc1cc(-c2cccc(F)c2)n[nH]1)C(=O)c1ccc(Cl)cc1[N+](=O)[O-]. The molecule has 0 fully saturated rings. The molecule has 0 aliphatic heterocycles. The number of H-pyrrole nitrogens is 1. The topological polar surface area (TPSA) is 92.1 Å². The van der Waals surface area contributed by atoms with Crippen molar-refractivity contribution in [2.75, 3.05) is 13.6 Å². The lowest BCUT2D eigenvalue weighted by atomic mass is 10.1. The Morgan fingerprint density at radius 3 is 2.74 bits per heavy atom. The summed E-state index contributed by atoms with van der Waals surface area (Å²) in [6.45, 7) is 0.482. The summed E-state index contributed by atoms with van der Waals surface area (Å²) in [5.41, 5.74) is 2.11. The van der Waals surface area contributed by atoms with Gasteiger partial charge in [0.1, 0.15) is 11.4 Å². The predicted molar refractivity (Wildman–Crippen MR) is 117 cm³/mol. The summed E-state index contributed by atoms with van der Waals surface area (Å²) in [5.74, 6) is -0.707. The van der Waals surface area contributed by atoms with E-state index in [1.54, 1.807) is 19.2 Å². The fourth-order valence-electron chi connectivity index (χ4n) is 3.27. The van der Waals surface area contributed by atoms with E-state index in [-0.39, 0.29) is 22.1 Å². The Kier molecular flexibility index (Phi) is 7.36. The molecule has 3 rings (SSSR count). The number of aromatic nitrogens is 2. The summed E-state index contributed by atoms with van der Waals surface area (Å²) in [4.78, 5) is 24.6. The third-order valence-corrected chi connectivity index (χ3v) is 5.16. The molecule has 0 saturated carbocycles. The molecular formula is C22H22ClFN4O3. The van der Waals surface area contributed by atoms with Gasteiger partial charge in [0, 0.05) is 35.9 Å². The van der Waals surface area contributed by atoms with Crippen molar-refractivity contribution < 1.29 is 14.1 Å². The van der Waals surface area contributed by atoms with E-state index in [1.165, 1.54) is 35.2 Å². The number of rotatable bonds is 9. The van der Waals surface area contributed by atoms with Crippen molar-refractivity contribution in [1.29, 1.82) is 0 Å². The molecule has 9 heteroatoms. The molecule has 0 aliphatic rings. The van der Waals surface area contributed by atoms with Crippen LogP contribution in [0.2, 0.25) is 5.02 Å². The molecule has 0 bridgehead atoms. The van der Waals surface area contributed by atoms with Crippen molar-refractivity contribution in [2.24, 2.45) is 0 Å². The van der Waals surface area contributed by atoms with E-state index in [1.807, 2.05) is 6.07 Å². The normalized spacial score (nSPS) is 10.8. The van der Waals surface area contributed by atoms with Crippen LogP contribution in [0, 0.1) is 15.9 Å². The largest absolute Gasteiger partial charge is 0.341 e. The number of aryl methyl sites for hydroxylation is 1. The van der Waals surface area contributed by atoms with Crippen LogP contribution in [0.3, 0.4) is 0 Å². The van der Waals surface area contributed by atoms with Gasteiger partial charge in [-0.05, 0) is 49.6 Å². The zero-order chi connectivity index (χ0) is 22.4. The summed E-state index contributed by atoms with van der Waals surface area (Å²) >= 11 is 5.80. The lowest BCUT2D eigenvalue weighted by Gasteiger charge is -2.17. The Balaban J connectivity index is 1.46. The van der Waals surface area contributed by atoms with Gasteiger partial charge in [0.2, 0.25) is 0 Å². The van der Waals surface area contributed by atoms with Crippen LogP contribution in [0.4, 0.5) is 10.1 Å². The number of halogens is 2. The summed E-state index contributed by atoms with van der Waals surface area (Å²) in [5, 5.41) is 18.6. The maximum Gasteiger partial charge on any atom is 0.283 e. The Hall–Kier alpha value is -3.26. The van der Waals surface area contributed by atoms with Crippen LogP contribution in [-0.4, -0.2) is 39.5 Å². The summed E-state index contributed by atoms with van der Waals surface area (Å²) < 4.78 is 13.4. The summed E-state index contributed by atoms with van der Waals surface area (Å²) in [6.07, 6.45) is 3.29. The lowest BCUT2D eigenvalue weighted by molar-refractivity contribution is -0.385. The van der Waals surface area contributed by atoms with Crippen LogP contribution >= 0.6 is 11.6 Å². The van der Waals surface area contributed by atoms with Crippen molar-refractivity contribution in [3.63, 3.8) is 0 Å². The number of benzene rings is 2. The first-order valence-corrected chi connectivity index (χ1v) is 10.2. The molecule has 0 radical (unpaired) electrons. The highest BCUT2D eigenvalue weighted by atomic mass is 35.5. The molecule has 3 aromatic rings. The standard InChI is InChI=1S/C22H22ClFN4O3/c1-27(22(29)19-10-9-16(23)13-21(19)28(30)31)11-4-2-3-8-18-14-20(26-25-18)15-6-5-7-17(24)12-15/h5-7,9-10,12-14H,2-4,8,11H2,1H3,(H,25,26). The highest BCUT2D eigenvalue weighted by Gasteiger charge is 2.23. The van der Waals surface area contributed by atoms with Gasteiger partial charge in [-0.3, -0.25) is 20.0 Å². The van der Waals surface area contributed by atoms with Crippen LogP contribution in [-0.2, 0) is 6.42 Å². The zero-order valence-corrected chi connectivity index (χ0v) is 17.7. The lowest BCUT2D eigenvalue weighted by Crippen LogP contribution is -2.28. The fourth-order valence-corrected chi connectivity index (χ4v) is 3.44. The second-order valence-electron chi connectivity index (χ2n) is 7.24. The van der Waals surface area contributed by atoms with Gasteiger partial charge in [-0.2, -0.15) is 5.10 Å². The van der Waals surface area contributed by atoms with Crippen LogP contribution < -0.4 is 0 Å². The molecule has 1 amide bonds. The van der Waals surface area contributed by atoms with Crippen LogP contribution in [0.5, 0.6) is 0 Å². The minimum Gasteiger partial charge on any atom is -0.341 e. The first-order valence-electron chi connectivity index (χ1n) is 9.85. The predicted octanol–water partition coefficient (Wildman–Crippen LogP) is 5.26. The third kappa shape index (κ3) is 5.88. The smallest absolute Gasteiger partial charge is 0.283 e. The second kappa shape index (κ2) is 10.2. The van der Waals surface area contributed by atoms with Gasteiger partial charge in [0.25, 0.3) is 11.6 Å². The van der Waals surface area contributed by atoms with E-state index >= 15 is 0 Å². The molecule has 7 nitrogen and oxygen atoms in total. The molecule has 162 valence electrons. The summed E-state index contributed by atoms with van der Waals surface area (Å²) in [7, 11) is 1.63. The molecule has 0 atom stereocenters. The number of carbonyl (C=O) groups excluding carboxylic acids is 1. The highest BCUT2D eigenvalue weighted by molar-refractivity contribution is 6.31. The number of nitrogens with one attached hydrogen (secondary N) is 1. The number of carbonyl (C=O) groups is 1. The van der Waals surface area contributed by atoms with Gasteiger partial charge in [-0.1, -0.05) is 30.2 Å². The Morgan fingerprint density at radius 1 is 1.19 bits per heavy atom. The van der Waals surface area contributed by atoms with E-state index in [9.17, 15) is 19.3 Å². The number of hydrogen-bond acceptors (Lipinski definition) is 4. The molecule has 1 N–H and O–H groups in total. The van der Waals surface area contributed by atoms with E-state index in [0.717, 1.165) is 36.9 Å². The van der Waals surface area contributed by atoms with Crippen molar-refractivity contribution in [2.45, 2.75) is 25.7 Å². The van der Waals surface area contributed by atoms with Gasteiger partial charge in [0.05, 0.1) is 10.6 Å². The molecule has 0 spiro atoms. The monoisotopic (exact) mass is 444 g/mol. The number of hydrogen-bond donors (Lipinski definition) is 1. The Morgan fingerprint density at radius 2 is 2.00 bits per heavy atom. The molecule has 1 aromatic heterocycles. The summed E-state index contributed by atoms with van der Waals surface area (Å²) in [6, 6.07) is 12.2. The minimum atomic E-state index is -0.602. The number of aromatic amines is 1. The van der Waals surface area contributed by atoms with E-state index < -0.39 is 10.8 Å². The maximum absolute atomic E-state index is 13.4. The third-order valence-electron chi connectivity index (χ3n) is 4.92. The Bertz CT molecular complexity index is 1090. The van der Waals surface area contributed by atoms with Crippen molar-refractivity contribution in [1.82, 2.24) is 15.1 Å².